The Morgan fingerprint density at radius 1 is 1.25 bits per heavy atom. The van der Waals surface area contributed by atoms with Crippen LogP contribution in [0.4, 0.5) is 0 Å². The molecule has 1 fully saturated rings. The number of piperidine rings is 1. The molecule has 0 amide bonds. The number of nitrogens with zero attached hydrogens (tertiary/aromatic N) is 2. The van der Waals surface area contributed by atoms with E-state index in [1.807, 2.05) is 25.1 Å². The number of likely N-dealkylation sites (tertiary alicyclic amines) is 1. The van der Waals surface area contributed by atoms with Crippen LogP contribution in [0.3, 0.4) is 0 Å². The molecule has 7 heteroatoms. The summed E-state index contributed by atoms with van der Waals surface area (Å²) in [4.78, 5) is 22.3. The van der Waals surface area contributed by atoms with Gasteiger partial charge in [-0.2, -0.15) is 0 Å². The maximum absolute atomic E-state index is 12.4. The Bertz CT molecular complexity index is 858. The van der Waals surface area contributed by atoms with Crippen molar-refractivity contribution < 1.29 is 19.4 Å². The monoisotopic (exact) mass is 443 g/mol. The normalized spacial score (nSPS) is 16.1. The van der Waals surface area contributed by atoms with Crippen LogP contribution in [0.5, 0.6) is 5.75 Å². The lowest BCUT2D eigenvalue weighted by Crippen LogP contribution is -2.43. The summed E-state index contributed by atoms with van der Waals surface area (Å²) < 4.78 is 11.3. The molecule has 0 aliphatic carbocycles. The molecule has 32 heavy (non-hydrogen) atoms. The highest BCUT2D eigenvalue weighted by atomic mass is 16.5. The molecule has 0 spiro atoms. The van der Waals surface area contributed by atoms with Gasteiger partial charge in [0.15, 0.2) is 11.4 Å². The van der Waals surface area contributed by atoms with Gasteiger partial charge in [0.1, 0.15) is 5.60 Å². The van der Waals surface area contributed by atoms with Crippen molar-refractivity contribution in [2.45, 2.75) is 64.9 Å². The van der Waals surface area contributed by atoms with Gasteiger partial charge in [0.25, 0.3) is 0 Å². The summed E-state index contributed by atoms with van der Waals surface area (Å²) in [6.07, 6.45) is 6.95. The molecule has 0 bridgehead atoms. The van der Waals surface area contributed by atoms with Crippen molar-refractivity contribution in [3.8, 4) is 5.75 Å². The van der Waals surface area contributed by atoms with Gasteiger partial charge in [-0.25, -0.2) is 4.79 Å². The van der Waals surface area contributed by atoms with Crippen molar-refractivity contribution in [1.82, 2.24) is 14.9 Å². The molecule has 7 nitrogen and oxygen atoms in total. The van der Waals surface area contributed by atoms with Gasteiger partial charge in [-0.15, -0.1) is 0 Å². The molecule has 0 radical (unpaired) electrons. The molecular formula is C25H37N3O4. The molecule has 3 rings (SSSR count). The second kappa shape index (κ2) is 11.5. The third kappa shape index (κ3) is 5.90. The van der Waals surface area contributed by atoms with E-state index < -0.39 is 5.60 Å². The largest absolute Gasteiger partial charge is 0.491 e. The summed E-state index contributed by atoms with van der Waals surface area (Å²) >= 11 is 0. The molecule has 0 aromatic carbocycles. The van der Waals surface area contributed by atoms with E-state index in [9.17, 15) is 9.90 Å². The topological polar surface area (TPSA) is 87.7 Å². The van der Waals surface area contributed by atoms with Gasteiger partial charge in [0.05, 0.1) is 18.9 Å². The van der Waals surface area contributed by atoms with Gasteiger partial charge in [-0.3, -0.25) is 4.98 Å². The third-order valence-electron chi connectivity index (χ3n) is 6.22. The smallest absolute Gasteiger partial charge is 0.358 e. The van der Waals surface area contributed by atoms with Crippen LogP contribution in [0.1, 0.15) is 73.4 Å². The number of pyridine rings is 1. The number of nitrogens with one attached hydrogen (secondary N) is 1. The fourth-order valence-corrected chi connectivity index (χ4v) is 4.30. The highest BCUT2D eigenvalue weighted by Crippen LogP contribution is 2.32. The van der Waals surface area contributed by atoms with Crippen LogP contribution < -0.4 is 4.74 Å². The predicted molar refractivity (Wildman–Crippen MR) is 124 cm³/mol. The van der Waals surface area contributed by atoms with Gasteiger partial charge >= 0.3 is 5.97 Å². The molecule has 176 valence electrons. The molecule has 0 atom stereocenters. The number of rotatable bonds is 11. The maximum Gasteiger partial charge on any atom is 0.358 e. The molecule has 0 saturated carbocycles. The number of hydrogen-bond acceptors (Lipinski definition) is 6. The Balaban J connectivity index is 1.52. The Kier molecular flexibility index (Phi) is 8.70. The molecule has 2 N–H and O–H groups in total. The van der Waals surface area contributed by atoms with Gasteiger partial charge in [0.2, 0.25) is 0 Å². The van der Waals surface area contributed by atoms with E-state index in [0.29, 0.717) is 37.5 Å². The number of aromatic nitrogens is 2. The second-order valence-corrected chi connectivity index (χ2v) is 8.55. The second-order valence-electron chi connectivity index (χ2n) is 8.55. The Morgan fingerprint density at radius 3 is 2.69 bits per heavy atom. The zero-order chi connectivity index (χ0) is 23.0. The van der Waals surface area contributed by atoms with Gasteiger partial charge in [-0.05, 0) is 58.1 Å². The number of hydrogen-bond donors (Lipinski definition) is 2. The number of carbonyl (C=O) groups is 1. The summed E-state index contributed by atoms with van der Waals surface area (Å²) in [5.41, 5.74) is 2.40. The van der Waals surface area contributed by atoms with Crippen molar-refractivity contribution in [1.29, 1.82) is 0 Å². The van der Waals surface area contributed by atoms with E-state index in [1.165, 1.54) is 0 Å². The van der Waals surface area contributed by atoms with E-state index in [1.54, 1.807) is 13.1 Å². The highest BCUT2D eigenvalue weighted by Gasteiger charge is 2.34. The van der Waals surface area contributed by atoms with Crippen LogP contribution in [-0.2, 0) is 16.8 Å². The SMILES string of the molecule is CCCCc1c(C)[nH]c(C(=O)OCC)c1OCCCN1CCC(O)(c2ccccn2)CC1. The summed E-state index contributed by atoms with van der Waals surface area (Å²) in [6, 6.07) is 5.70. The summed E-state index contributed by atoms with van der Waals surface area (Å²) in [7, 11) is 0. The average Bonchev–Trinajstić information content (AvgIpc) is 3.12. The first-order chi connectivity index (χ1) is 15.5. The van der Waals surface area contributed by atoms with Gasteiger partial charge in [-0.1, -0.05) is 19.4 Å². The Labute approximate surface area is 191 Å². The number of unbranched alkanes of at least 4 members (excludes halogenated alkanes) is 1. The zero-order valence-corrected chi connectivity index (χ0v) is 19.7. The first-order valence-electron chi connectivity index (χ1n) is 11.9. The minimum absolute atomic E-state index is 0.334. The first-order valence-corrected chi connectivity index (χ1v) is 11.9. The number of aromatic amines is 1. The lowest BCUT2D eigenvalue weighted by molar-refractivity contribution is -0.0298. The van der Waals surface area contributed by atoms with Gasteiger partial charge < -0.3 is 24.5 Å². The predicted octanol–water partition coefficient (Wildman–Crippen LogP) is 3.99. The molecular weight excluding hydrogens is 406 g/mol. The van der Waals surface area contributed by atoms with Crippen molar-refractivity contribution in [2.75, 3.05) is 32.8 Å². The molecule has 1 aliphatic heterocycles. The Hall–Kier alpha value is -2.38. The van der Waals surface area contributed by atoms with Crippen molar-refractivity contribution in [3.05, 3.63) is 47.0 Å². The number of aryl methyl sites for hydroxylation is 1. The van der Waals surface area contributed by atoms with Crippen LogP contribution in [0.2, 0.25) is 0 Å². The van der Waals surface area contributed by atoms with Crippen LogP contribution in [-0.4, -0.2) is 58.8 Å². The highest BCUT2D eigenvalue weighted by molar-refractivity contribution is 5.91. The first kappa shape index (κ1) is 24.3. The minimum atomic E-state index is -0.834. The average molecular weight is 444 g/mol. The van der Waals surface area contributed by atoms with Crippen molar-refractivity contribution >= 4 is 5.97 Å². The van der Waals surface area contributed by atoms with Crippen LogP contribution >= 0.6 is 0 Å². The number of H-pyrrole nitrogens is 1. The van der Waals surface area contributed by atoms with E-state index in [2.05, 4.69) is 21.8 Å². The lowest BCUT2D eigenvalue weighted by atomic mass is 9.88. The number of aliphatic hydroxyl groups is 1. The van der Waals surface area contributed by atoms with E-state index in [0.717, 1.165) is 62.3 Å². The van der Waals surface area contributed by atoms with E-state index in [-0.39, 0.29) is 5.97 Å². The lowest BCUT2D eigenvalue weighted by Gasteiger charge is -2.37. The quantitative estimate of drug-likeness (QED) is 0.403. The van der Waals surface area contributed by atoms with E-state index in [4.69, 9.17) is 9.47 Å². The number of carbonyl (C=O) groups excluding carboxylic acids is 1. The fraction of sp³-hybridized carbons (Fsp3) is 0.600. The molecule has 2 aromatic heterocycles. The number of esters is 1. The number of ether oxygens (including phenoxy) is 2. The minimum Gasteiger partial charge on any atom is -0.491 e. The van der Waals surface area contributed by atoms with Crippen molar-refractivity contribution in [2.24, 2.45) is 0 Å². The zero-order valence-electron chi connectivity index (χ0n) is 19.7. The van der Waals surface area contributed by atoms with Crippen LogP contribution in [0.25, 0.3) is 0 Å². The Morgan fingerprint density at radius 2 is 2.03 bits per heavy atom. The van der Waals surface area contributed by atoms with Gasteiger partial charge in [0, 0.05) is 37.1 Å². The summed E-state index contributed by atoms with van der Waals surface area (Å²) in [5.74, 6) is 0.288. The maximum atomic E-state index is 12.4. The summed E-state index contributed by atoms with van der Waals surface area (Å²) in [5, 5.41) is 10.9. The molecule has 3 heterocycles. The van der Waals surface area contributed by atoms with Crippen LogP contribution in [0, 0.1) is 6.92 Å². The third-order valence-corrected chi connectivity index (χ3v) is 6.22. The van der Waals surface area contributed by atoms with E-state index >= 15 is 0 Å². The summed E-state index contributed by atoms with van der Waals surface area (Å²) in [6.45, 7) is 9.35. The molecule has 0 unspecified atom stereocenters. The molecule has 1 saturated heterocycles. The van der Waals surface area contributed by atoms with Crippen LogP contribution in [0.15, 0.2) is 24.4 Å². The fourth-order valence-electron chi connectivity index (χ4n) is 4.30. The molecule has 2 aromatic rings. The molecule has 1 aliphatic rings. The standard InChI is InChI=1S/C25H37N3O4/c1-4-6-10-20-19(3)27-22(24(29)31-5-2)23(20)32-18-9-15-28-16-12-25(30,13-17-28)21-11-7-8-14-26-21/h7-8,11,14,27,30H,4-6,9-10,12-13,15-18H2,1-3H3. The van der Waals surface area contributed by atoms with Crippen molar-refractivity contribution in [3.63, 3.8) is 0 Å².